The first-order valence-electron chi connectivity index (χ1n) is 8.06. The average molecular weight is 288 g/mol. The molecule has 2 saturated heterocycles. The number of likely N-dealkylation sites (tertiary alicyclic amines) is 1. The van der Waals surface area contributed by atoms with Gasteiger partial charge in [0, 0.05) is 31.1 Å². The van der Waals surface area contributed by atoms with Gasteiger partial charge in [-0.1, -0.05) is 0 Å². The molecule has 0 aliphatic carbocycles. The fourth-order valence-corrected chi connectivity index (χ4v) is 3.08. The van der Waals surface area contributed by atoms with Crippen molar-refractivity contribution in [2.75, 3.05) is 32.8 Å². The zero-order valence-corrected chi connectivity index (χ0v) is 12.5. The SMILES string of the molecule is O=C(c1ccc(OC[C@@H]2CCCNC2)cc1)N1CCCC1. The molecule has 1 aromatic rings. The van der Waals surface area contributed by atoms with Gasteiger partial charge in [0.15, 0.2) is 0 Å². The van der Waals surface area contributed by atoms with Gasteiger partial charge in [0.1, 0.15) is 5.75 Å². The van der Waals surface area contributed by atoms with Crippen molar-refractivity contribution in [3.8, 4) is 5.75 Å². The van der Waals surface area contributed by atoms with Crippen molar-refractivity contribution >= 4 is 5.91 Å². The van der Waals surface area contributed by atoms with Crippen LogP contribution in [0.3, 0.4) is 0 Å². The van der Waals surface area contributed by atoms with Gasteiger partial charge in [0.25, 0.3) is 5.91 Å². The van der Waals surface area contributed by atoms with E-state index in [4.69, 9.17) is 4.74 Å². The van der Waals surface area contributed by atoms with Crippen LogP contribution in [-0.4, -0.2) is 43.6 Å². The average Bonchev–Trinajstić information content (AvgIpc) is 3.08. The van der Waals surface area contributed by atoms with Gasteiger partial charge in [0.2, 0.25) is 0 Å². The number of hydrogen-bond donors (Lipinski definition) is 1. The lowest BCUT2D eigenvalue weighted by molar-refractivity contribution is 0.0793. The second-order valence-corrected chi connectivity index (χ2v) is 6.05. The van der Waals surface area contributed by atoms with E-state index in [1.165, 1.54) is 12.8 Å². The van der Waals surface area contributed by atoms with Gasteiger partial charge in [-0.3, -0.25) is 4.79 Å². The molecule has 114 valence electrons. The summed E-state index contributed by atoms with van der Waals surface area (Å²) in [5, 5.41) is 3.40. The number of amides is 1. The number of benzene rings is 1. The standard InChI is InChI=1S/C17H24N2O2/c20-17(19-10-1-2-11-19)15-5-7-16(8-6-15)21-13-14-4-3-9-18-12-14/h5-8,14,18H,1-4,9-13H2/t14-/m1/s1. The molecule has 1 N–H and O–H groups in total. The van der Waals surface area contributed by atoms with Crippen LogP contribution in [0.4, 0.5) is 0 Å². The van der Waals surface area contributed by atoms with Gasteiger partial charge in [-0.15, -0.1) is 0 Å². The molecule has 0 saturated carbocycles. The Morgan fingerprint density at radius 2 is 1.95 bits per heavy atom. The Labute approximate surface area is 126 Å². The largest absolute Gasteiger partial charge is 0.493 e. The minimum absolute atomic E-state index is 0.149. The molecule has 0 radical (unpaired) electrons. The topological polar surface area (TPSA) is 41.6 Å². The molecule has 2 fully saturated rings. The van der Waals surface area contributed by atoms with Crippen LogP contribution in [-0.2, 0) is 0 Å². The van der Waals surface area contributed by atoms with Crippen LogP contribution in [0.2, 0.25) is 0 Å². The maximum absolute atomic E-state index is 12.2. The summed E-state index contributed by atoms with van der Waals surface area (Å²) in [4.78, 5) is 14.2. The molecular weight excluding hydrogens is 264 g/mol. The van der Waals surface area contributed by atoms with Crippen LogP contribution in [0.5, 0.6) is 5.75 Å². The second-order valence-electron chi connectivity index (χ2n) is 6.05. The third kappa shape index (κ3) is 3.76. The number of rotatable bonds is 4. The van der Waals surface area contributed by atoms with Crippen molar-refractivity contribution in [3.05, 3.63) is 29.8 Å². The monoisotopic (exact) mass is 288 g/mol. The van der Waals surface area contributed by atoms with Gasteiger partial charge in [0.05, 0.1) is 6.61 Å². The summed E-state index contributed by atoms with van der Waals surface area (Å²) in [6.45, 7) is 4.72. The van der Waals surface area contributed by atoms with E-state index >= 15 is 0 Å². The second kappa shape index (κ2) is 6.94. The Morgan fingerprint density at radius 1 is 1.19 bits per heavy atom. The van der Waals surface area contributed by atoms with Crippen LogP contribution in [0, 0.1) is 5.92 Å². The first-order valence-corrected chi connectivity index (χ1v) is 8.06. The van der Waals surface area contributed by atoms with E-state index < -0.39 is 0 Å². The van der Waals surface area contributed by atoms with Crippen LogP contribution in [0.25, 0.3) is 0 Å². The third-order valence-electron chi connectivity index (χ3n) is 4.38. The van der Waals surface area contributed by atoms with Gasteiger partial charge in [-0.2, -0.15) is 0 Å². The highest BCUT2D eigenvalue weighted by molar-refractivity contribution is 5.94. The molecule has 1 amide bonds. The molecular formula is C17H24N2O2. The molecule has 21 heavy (non-hydrogen) atoms. The molecule has 2 aliphatic rings. The van der Waals surface area contributed by atoms with Crippen LogP contribution in [0.15, 0.2) is 24.3 Å². The highest BCUT2D eigenvalue weighted by Crippen LogP contribution is 2.18. The number of carbonyl (C=O) groups is 1. The lowest BCUT2D eigenvalue weighted by Gasteiger charge is -2.22. The first kappa shape index (κ1) is 14.4. The van der Waals surface area contributed by atoms with E-state index in [1.807, 2.05) is 29.2 Å². The molecule has 1 atom stereocenters. The van der Waals surface area contributed by atoms with Crippen molar-refractivity contribution in [2.24, 2.45) is 5.92 Å². The summed E-state index contributed by atoms with van der Waals surface area (Å²) in [7, 11) is 0. The van der Waals surface area contributed by atoms with Crippen molar-refractivity contribution in [3.63, 3.8) is 0 Å². The van der Waals surface area contributed by atoms with Gasteiger partial charge < -0.3 is 15.0 Å². The smallest absolute Gasteiger partial charge is 0.253 e. The van der Waals surface area contributed by atoms with Crippen molar-refractivity contribution in [1.82, 2.24) is 10.2 Å². The molecule has 0 spiro atoms. The van der Waals surface area contributed by atoms with Crippen molar-refractivity contribution in [2.45, 2.75) is 25.7 Å². The Bertz CT molecular complexity index is 460. The van der Waals surface area contributed by atoms with E-state index in [-0.39, 0.29) is 5.91 Å². The Morgan fingerprint density at radius 3 is 2.62 bits per heavy atom. The molecule has 4 nitrogen and oxygen atoms in total. The summed E-state index contributed by atoms with van der Waals surface area (Å²) < 4.78 is 5.84. The maximum atomic E-state index is 12.2. The molecule has 2 heterocycles. The van der Waals surface area contributed by atoms with Gasteiger partial charge in [-0.05, 0) is 56.5 Å². The number of carbonyl (C=O) groups excluding carboxylic acids is 1. The third-order valence-corrected chi connectivity index (χ3v) is 4.38. The molecule has 0 aromatic heterocycles. The number of nitrogens with one attached hydrogen (secondary N) is 1. The Balaban J connectivity index is 1.52. The summed E-state index contributed by atoms with van der Waals surface area (Å²) in [6, 6.07) is 7.60. The lowest BCUT2D eigenvalue weighted by atomic mass is 10.0. The molecule has 3 rings (SSSR count). The Kier molecular flexibility index (Phi) is 4.76. The summed E-state index contributed by atoms with van der Waals surface area (Å²) >= 11 is 0. The summed E-state index contributed by atoms with van der Waals surface area (Å²) in [5.74, 6) is 1.61. The molecule has 4 heteroatoms. The predicted octanol–water partition coefficient (Wildman–Crippen LogP) is 2.30. The van der Waals surface area contributed by atoms with E-state index in [1.54, 1.807) is 0 Å². The Hall–Kier alpha value is -1.55. The quantitative estimate of drug-likeness (QED) is 0.924. The van der Waals surface area contributed by atoms with Crippen molar-refractivity contribution < 1.29 is 9.53 Å². The fourth-order valence-electron chi connectivity index (χ4n) is 3.08. The first-order chi connectivity index (χ1) is 10.3. The zero-order valence-electron chi connectivity index (χ0n) is 12.5. The van der Waals surface area contributed by atoms with Crippen LogP contribution < -0.4 is 10.1 Å². The van der Waals surface area contributed by atoms with Crippen LogP contribution >= 0.6 is 0 Å². The van der Waals surface area contributed by atoms with E-state index in [0.29, 0.717) is 5.92 Å². The maximum Gasteiger partial charge on any atom is 0.253 e. The predicted molar refractivity (Wildman–Crippen MR) is 82.7 cm³/mol. The molecule has 0 bridgehead atoms. The fraction of sp³-hybridized carbons (Fsp3) is 0.588. The number of piperidine rings is 1. The van der Waals surface area contributed by atoms with E-state index in [9.17, 15) is 4.79 Å². The molecule has 0 unspecified atom stereocenters. The highest BCUT2D eigenvalue weighted by atomic mass is 16.5. The number of nitrogens with zero attached hydrogens (tertiary/aromatic N) is 1. The highest BCUT2D eigenvalue weighted by Gasteiger charge is 2.19. The molecule has 2 aliphatic heterocycles. The summed E-state index contributed by atoms with van der Waals surface area (Å²) in [6.07, 6.45) is 4.72. The van der Waals surface area contributed by atoms with Crippen molar-refractivity contribution in [1.29, 1.82) is 0 Å². The van der Waals surface area contributed by atoms with E-state index in [0.717, 1.165) is 56.9 Å². The van der Waals surface area contributed by atoms with Gasteiger partial charge in [-0.25, -0.2) is 0 Å². The zero-order chi connectivity index (χ0) is 14.5. The molecule has 1 aromatic carbocycles. The van der Waals surface area contributed by atoms with Crippen LogP contribution in [0.1, 0.15) is 36.0 Å². The van der Waals surface area contributed by atoms with E-state index in [2.05, 4.69) is 5.32 Å². The number of hydrogen-bond acceptors (Lipinski definition) is 3. The number of ether oxygens (including phenoxy) is 1. The minimum Gasteiger partial charge on any atom is -0.493 e. The normalized spacial score (nSPS) is 22.3. The summed E-state index contributed by atoms with van der Waals surface area (Å²) in [5.41, 5.74) is 0.767. The minimum atomic E-state index is 0.149. The lowest BCUT2D eigenvalue weighted by Crippen LogP contribution is -2.33. The van der Waals surface area contributed by atoms with Gasteiger partial charge >= 0.3 is 0 Å².